The predicted molar refractivity (Wildman–Crippen MR) is 93.3 cm³/mol. The van der Waals surface area contributed by atoms with Gasteiger partial charge >= 0.3 is 0 Å². The van der Waals surface area contributed by atoms with Crippen LogP contribution in [0.15, 0.2) is 58.5 Å². The van der Waals surface area contributed by atoms with Gasteiger partial charge in [-0.1, -0.05) is 46.3 Å². The number of aryl methyl sites for hydroxylation is 1. The summed E-state index contributed by atoms with van der Waals surface area (Å²) in [7, 11) is 0. The molecular weight excluding hydrogens is 350 g/mol. The van der Waals surface area contributed by atoms with Crippen LogP contribution in [0.3, 0.4) is 0 Å². The molecule has 0 aromatic heterocycles. The Bertz CT molecular complexity index is 682. The Morgan fingerprint density at radius 1 is 1.29 bits per heavy atom. The van der Waals surface area contributed by atoms with Crippen LogP contribution in [0.25, 0.3) is 0 Å². The van der Waals surface area contributed by atoms with E-state index < -0.39 is 0 Å². The van der Waals surface area contributed by atoms with Gasteiger partial charge in [0.15, 0.2) is 0 Å². The van der Waals surface area contributed by atoms with Gasteiger partial charge in [-0.2, -0.15) is 0 Å². The van der Waals surface area contributed by atoms with E-state index in [1.807, 2.05) is 43.3 Å². The number of aliphatic imine (C=N–C) groups is 1. The topological polar surface area (TPSA) is 21.6 Å². The third-order valence-electron chi connectivity index (χ3n) is 2.84. The zero-order valence-corrected chi connectivity index (χ0v) is 14.0. The van der Waals surface area contributed by atoms with E-state index in [1.54, 1.807) is 12.3 Å². The standard InChI is InChI=1S/C17H15BrClNO/c1-3-8-21-17-7-5-14(18)9-13(17)11-20-16-10-15(19)6-4-12(16)2/h3-7,9-11H,1,8H2,2H3. The van der Waals surface area contributed by atoms with Crippen LogP contribution >= 0.6 is 27.5 Å². The van der Waals surface area contributed by atoms with Gasteiger partial charge in [-0.05, 0) is 42.8 Å². The number of halogens is 2. The van der Waals surface area contributed by atoms with E-state index in [4.69, 9.17) is 16.3 Å². The van der Waals surface area contributed by atoms with Crippen molar-refractivity contribution >= 4 is 39.4 Å². The van der Waals surface area contributed by atoms with E-state index in [9.17, 15) is 0 Å². The summed E-state index contributed by atoms with van der Waals surface area (Å²) in [4.78, 5) is 4.51. The maximum absolute atomic E-state index is 6.01. The molecule has 4 heteroatoms. The highest BCUT2D eigenvalue weighted by molar-refractivity contribution is 9.10. The summed E-state index contributed by atoms with van der Waals surface area (Å²) in [6.45, 7) is 6.11. The fraction of sp³-hybridized carbons (Fsp3) is 0.118. The molecule has 2 nitrogen and oxygen atoms in total. The van der Waals surface area contributed by atoms with Gasteiger partial charge in [-0.25, -0.2) is 0 Å². The molecule has 0 saturated carbocycles. The maximum atomic E-state index is 6.01. The highest BCUT2D eigenvalue weighted by atomic mass is 79.9. The number of benzene rings is 2. The van der Waals surface area contributed by atoms with Crippen molar-refractivity contribution in [1.29, 1.82) is 0 Å². The predicted octanol–water partition coefficient (Wildman–Crippen LogP) is 5.73. The second-order valence-corrected chi connectivity index (χ2v) is 5.82. The molecule has 0 N–H and O–H groups in total. The van der Waals surface area contributed by atoms with E-state index in [0.29, 0.717) is 11.6 Å². The summed E-state index contributed by atoms with van der Waals surface area (Å²) >= 11 is 9.46. The highest BCUT2D eigenvalue weighted by Gasteiger charge is 2.03. The summed E-state index contributed by atoms with van der Waals surface area (Å²) in [5, 5.41) is 0.671. The van der Waals surface area contributed by atoms with Gasteiger partial charge in [-0.15, -0.1) is 0 Å². The zero-order chi connectivity index (χ0) is 15.2. The first kappa shape index (κ1) is 15.8. The molecule has 0 atom stereocenters. The van der Waals surface area contributed by atoms with Crippen LogP contribution in [0.1, 0.15) is 11.1 Å². The van der Waals surface area contributed by atoms with Crippen molar-refractivity contribution in [3.8, 4) is 5.75 Å². The Morgan fingerprint density at radius 3 is 2.86 bits per heavy atom. The molecule has 0 fully saturated rings. The Morgan fingerprint density at radius 2 is 2.10 bits per heavy atom. The van der Waals surface area contributed by atoms with Crippen molar-refractivity contribution < 1.29 is 4.74 Å². The second-order valence-electron chi connectivity index (χ2n) is 4.47. The minimum absolute atomic E-state index is 0.457. The summed E-state index contributed by atoms with van der Waals surface area (Å²) < 4.78 is 6.60. The molecule has 0 bridgehead atoms. The highest BCUT2D eigenvalue weighted by Crippen LogP contribution is 2.25. The number of hydrogen-bond donors (Lipinski definition) is 0. The molecule has 2 rings (SSSR count). The molecule has 108 valence electrons. The lowest BCUT2D eigenvalue weighted by molar-refractivity contribution is 0.362. The molecule has 0 aliphatic rings. The van der Waals surface area contributed by atoms with E-state index in [-0.39, 0.29) is 0 Å². The summed E-state index contributed by atoms with van der Waals surface area (Å²) in [6, 6.07) is 11.4. The van der Waals surface area contributed by atoms with Gasteiger partial charge in [-0.3, -0.25) is 4.99 Å². The molecule has 0 amide bonds. The van der Waals surface area contributed by atoms with Gasteiger partial charge in [0.2, 0.25) is 0 Å². The fourth-order valence-corrected chi connectivity index (χ4v) is 2.31. The molecule has 0 saturated heterocycles. The number of nitrogens with zero attached hydrogens (tertiary/aromatic N) is 1. The molecule has 0 aliphatic heterocycles. The van der Waals surface area contributed by atoms with Crippen molar-refractivity contribution in [3.05, 3.63) is 69.7 Å². The van der Waals surface area contributed by atoms with E-state index in [0.717, 1.165) is 27.0 Å². The van der Waals surface area contributed by atoms with Crippen molar-refractivity contribution in [1.82, 2.24) is 0 Å². The smallest absolute Gasteiger partial charge is 0.128 e. The van der Waals surface area contributed by atoms with E-state index in [1.165, 1.54) is 0 Å². The van der Waals surface area contributed by atoms with Crippen molar-refractivity contribution in [3.63, 3.8) is 0 Å². The minimum atomic E-state index is 0.457. The lowest BCUT2D eigenvalue weighted by atomic mass is 10.2. The first-order valence-electron chi connectivity index (χ1n) is 6.43. The molecule has 2 aromatic carbocycles. The van der Waals surface area contributed by atoms with Gasteiger partial charge in [0.1, 0.15) is 12.4 Å². The zero-order valence-electron chi connectivity index (χ0n) is 11.6. The van der Waals surface area contributed by atoms with Crippen molar-refractivity contribution in [2.75, 3.05) is 6.61 Å². The SMILES string of the molecule is C=CCOc1ccc(Br)cc1C=Nc1cc(Cl)ccc1C. The third kappa shape index (κ3) is 4.45. The lowest BCUT2D eigenvalue weighted by Crippen LogP contribution is -1.97. The van der Waals surface area contributed by atoms with Crippen LogP contribution in [0.5, 0.6) is 5.75 Å². The fourth-order valence-electron chi connectivity index (χ4n) is 1.76. The van der Waals surface area contributed by atoms with E-state index in [2.05, 4.69) is 27.5 Å². The van der Waals surface area contributed by atoms with Crippen molar-refractivity contribution in [2.24, 2.45) is 4.99 Å². The van der Waals surface area contributed by atoms with Crippen LogP contribution in [0, 0.1) is 6.92 Å². The van der Waals surface area contributed by atoms with Gasteiger partial charge < -0.3 is 4.74 Å². The minimum Gasteiger partial charge on any atom is -0.489 e. The second kappa shape index (κ2) is 7.43. The quantitative estimate of drug-likeness (QED) is 0.490. The van der Waals surface area contributed by atoms with Crippen LogP contribution in [-0.2, 0) is 0 Å². The largest absolute Gasteiger partial charge is 0.489 e. The van der Waals surface area contributed by atoms with Crippen LogP contribution in [-0.4, -0.2) is 12.8 Å². The summed E-state index contributed by atoms with van der Waals surface area (Å²) in [5.41, 5.74) is 2.81. The summed E-state index contributed by atoms with van der Waals surface area (Å²) in [6.07, 6.45) is 3.49. The number of ether oxygens (including phenoxy) is 1. The molecule has 0 unspecified atom stereocenters. The first-order valence-corrected chi connectivity index (χ1v) is 7.60. The Balaban J connectivity index is 2.33. The summed E-state index contributed by atoms with van der Waals surface area (Å²) in [5.74, 6) is 0.765. The lowest BCUT2D eigenvalue weighted by Gasteiger charge is -2.07. The van der Waals surface area contributed by atoms with Crippen LogP contribution in [0.4, 0.5) is 5.69 Å². The number of rotatable bonds is 5. The number of hydrogen-bond acceptors (Lipinski definition) is 2. The van der Waals surface area contributed by atoms with Gasteiger partial charge in [0.05, 0.1) is 5.69 Å². The molecule has 0 aliphatic carbocycles. The Labute approximate surface area is 138 Å². The molecule has 0 radical (unpaired) electrons. The third-order valence-corrected chi connectivity index (χ3v) is 3.57. The van der Waals surface area contributed by atoms with Crippen molar-refractivity contribution in [2.45, 2.75) is 6.92 Å². The van der Waals surface area contributed by atoms with E-state index >= 15 is 0 Å². The Kier molecular flexibility index (Phi) is 5.59. The average Bonchev–Trinajstić information content (AvgIpc) is 2.47. The molecule has 0 heterocycles. The maximum Gasteiger partial charge on any atom is 0.128 e. The molecule has 21 heavy (non-hydrogen) atoms. The average molecular weight is 365 g/mol. The van der Waals surface area contributed by atoms with Gasteiger partial charge in [0, 0.05) is 21.3 Å². The van der Waals surface area contributed by atoms with Crippen LogP contribution < -0.4 is 4.74 Å². The Hall–Kier alpha value is -1.58. The monoisotopic (exact) mass is 363 g/mol. The van der Waals surface area contributed by atoms with Gasteiger partial charge in [0.25, 0.3) is 0 Å². The molecular formula is C17H15BrClNO. The molecule has 0 spiro atoms. The normalized spacial score (nSPS) is 10.8. The molecule has 2 aromatic rings. The first-order chi connectivity index (χ1) is 10.1. The van der Waals surface area contributed by atoms with Crippen LogP contribution in [0.2, 0.25) is 5.02 Å².